The van der Waals surface area contributed by atoms with Gasteiger partial charge in [-0.05, 0) is 29.7 Å². The van der Waals surface area contributed by atoms with Crippen molar-refractivity contribution in [2.75, 3.05) is 11.9 Å². The van der Waals surface area contributed by atoms with Gasteiger partial charge in [0.05, 0.1) is 6.20 Å². The van der Waals surface area contributed by atoms with Gasteiger partial charge in [0, 0.05) is 19.2 Å². The molecular weight excluding hydrogens is 298 g/mol. The zero-order valence-electron chi connectivity index (χ0n) is 14.0. The third-order valence-corrected chi connectivity index (χ3v) is 4.01. The molecular formula is C20H21N3O. The Morgan fingerprint density at radius 2 is 1.71 bits per heavy atom. The number of aromatic nitrogens is 2. The number of nitrogens with zero attached hydrogens (tertiary/aromatic N) is 2. The van der Waals surface area contributed by atoms with Crippen molar-refractivity contribution in [2.45, 2.75) is 19.8 Å². The monoisotopic (exact) mass is 319 g/mol. The van der Waals surface area contributed by atoms with Crippen LogP contribution in [0.2, 0.25) is 0 Å². The largest absolute Gasteiger partial charge is 0.338 e. The zero-order chi connectivity index (χ0) is 16.9. The maximum atomic E-state index is 12.6. The van der Waals surface area contributed by atoms with Crippen molar-refractivity contribution in [3.63, 3.8) is 0 Å². The second-order valence-corrected chi connectivity index (χ2v) is 5.77. The quantitative estimate of drug-likeness (QED) is 0.762. The van der Waals surface area contributed by atoms with Crippen molar-refractivity contribution < 1.29 is 4.79 Å². The van der Waals surface area contributed by atoms with Gasteiger partial charge in [0.2, 0.25) is 0 Å². The molecule has 0 aliphatic carbocycles. The van der Waals surface area contributed by atoms with Crippen LogP contribution >= 0.6 is 0 Å². The third kappa shape index (κ3) is 3.38. The Morgan fingerprint density at radius 1 is 1.04 bits per heavy atom. The lowest BCUT2D eigenvalue weighted by Crippen LogP contribution is -2.26. The average Bonchev–Trinajstić information content (AvgIpc) is 3.10. The second-order valence-electron chi connectivity index (χ2n) is 5.77. The third-order valence-electron chi connectivity index (χ3n) is 4.01. The summed E-state index contributed by atoms with van der Waals surface area (Å²) < 4.78 is 0. The lowest BCUT2D eigenvalue weighted by atomic mass is 10.1. The highest BCUT2D eigenvalue weighted by molar-refractivity contribution is 6.04. The number of benzene rings is 2. The van der Waals surface area contributed by atoms with E-state index in [2.05, 4.69) is 29.0 Å². The SMILES string of the molecule is CCCc1ncc(C(=O)N(C)c2ccc(-c3ccccc3)cc2)[nH]1. The first kappa shape index (κ1) is 16.0. The summed E-state index contributed by atoms with van der Waals surface area (Å²) in [5.74, 6) is 0.769. The lowest BCUT2D eigenvalue weighted by Gasteiger charge is -2.16. The summed E-state index contributed by atoms with van der Waals surface area (Å²) in [7, 11) is 1.78. The van der Waals surface area contributed by atoms with Gasteiger partial charge in [-0.1, -0.05) is 49.4 Å². The van der Waals surface area contributed by atoms with Crippen molar-refractivity contribution in [1.29, 1.82) is 0 Å². The fourth-order valence-corrected chi connectivity index (χ4v) is 2.64. The van der Waals surface area contributed by atoms with Crippen LogP contribution in [0.4, 0.5) is 5.69 Å². The molecule has 0 saturated heterocycles. The van der Waals surface area contributed by atoms with E-state index < -0.39 is 0 Å². The summed E-state index contributed by atoms with van der Waals surface area (Å²) in [6.45, 7) is 2.09. The second kappa shape index (κ2) is 7.13. The number of anilines is 1. The Balaban J connectivity index is 1.76. The molecule has 1 heterocycles. The van der Waals surface area contributed by atoms with Crippen LogP contribution < -0.4 is 4.90 Å². The molecule has 3 aromatic rings. The van der Waals surface area contributed by atoms with Crippen LogP contribution in [-0.4, -0.2) is 22.9 Å². The molecule has 1 aromatic heterocycles. The van der Waals surface area contributed by atoms with Crippen molar-refractivity contribution in [1.82, 2.24) is 9.97 Å². The first-order valence-corrected chi connectivity index (χ1v) is 8.16. The Kier molecular flexibility index (Phi) is 4.75. The molecule has 1 N–H and O–H groups in total. The minimum Gasteiger partial charge on any atom is -0.338 e. The molecule has 24 heavy (non-hydrogen) atoms. The summed E-state index contributed by atoms with van der Waals surface area (Å²) in [4.78, 5) is 21.6. The van der Waals surface area contributed by atoms with Crippen LogP contribution in [0.15, 0.2) is 60.8 Å². The predicted octanol–water partition coefficient (Wildman–Crippen LogP) is 4.31. The van der Waals surface area contributed by atoms with Crippen LogP contribution in [-0.2, 0) is 6.42 Å². The highest BCUT2D eigenvalue weighted by Crippen LogP contribution is 2.23. The molecule has 0 aliphatic rings. The van der Waals surface area contributed by atoms with Gasteiger partial charge in [-0.15, -0.1) is 0 Å². The van der Waals surface area contributed by atoms with Crippen molar-refractivity contribution in [2.24, 2.45) is 0 Å². The molecule has 0 saturated carbocycles. The molecule has 0 spiro atoms. The van der Waals surface area contributed by atoms with Crippen molar-refractivity contribution >= 4 is 11.6 Å². The fourth-order valence-electron chi connectivity index (χ4n) is 2.64. The highest BCUT2D eigenvalue weighted by atomic mass is 16.2. The molecule has 4 nitrogen and oxygen atoms in total. The maximum Gasteiger partial charge on any atom is 0.276 e. The van der Waals surface area contributed by atoms with Gasteiger partial charge >= 0.3 is 0 Å². The molecule has 0 bridgehead atoms. The van der Waals surface area contributed by atoms with E-state index in [-0.39, 0.29) is 5.91 Å². The van der Waals surface area contributed by atoms with E-state index in [4.69, 9.17) is 0 Å². The van der Waals surface area contributed by atoms with E-state index in [1.165, 1.54) is 0 Å². The minimum atomic E-state index is -0.0858. The van der Waals surface area contributed by atoms with Gasteiger partial charge in [-0.25, -0.2) is 4.98 Å². The topological polar surface area (TPSA) is 49.0 Å². The Labute approximate surface area is 142 Å². The average molecular weight is 319 g/mol. The predicted molar refractivity (Wildman–Crippen MR) is 97.2 cm³/mol. The molecule has 4 heteroatoms. The molecule has 0 atom stereocenters. The minimum absolute atomic E-state index is 0.0858. The summed E-state index contributed by atoms with van der Waals surface area (Å²) in [5, 5.41) is 0. The van der Waals surface area contributed by atoms with Crippen LogP contribution in [0.25, 0.3) is 11.1 Å². The summed E-state index contributed by atoms with van der Waals surface area (Å²) in [6, 6.07) is 18.2. The highest BCUT2D eigenvalue weighted by Gasteiger charge is 2.16. The van der Waals surface area contributed by atoms with Crippen molar-refractivity contribution in [3.8, 4) is 11.1 Å². The number of carbonyl (C=O) groups is 1. The number of hydrogen-bond donors (Lipinski definition) is 1. The molecule has 0 unspecified atom stereocenters. The smallest absolute Gasteiger partial charge is 0.276 e. The van der Waals surface area contributed by atoms with Crippen LogP contribution in [0, 0.1) is 0 Å². The first-order chi connectivity index (χ1) is 11.7. The van der Waals surface area contributed by atoms with Crippen molar-refractivity contribution in [3.05, 3.63) is 72.3 Å². The molecule has 2 aromatic carbocycles. The summed E-state index contributed by atoms with van der Waals surface area (Å²) in [5.41, 5.74) is 3.67. The number of amides is 1. The molecule has 1 amide bonds. The molecule has 0 radical (unpaired) electrons. The number of rotatable bonds is 5. The first-order valence-electron chi connectivity index (χ1n) is 8.16. The van der Waals surface area contributed by atoms with Gasteiger partial charge in [0.25, 0.3) is 5.91 Å². The number of H-pyrrole nitrogens is 1. The number of imidazole rings is 1. The number of carbonyl (C=O) groups excluding carboxylic acids is 1. The number of aryl methyl sites for hydroxylation is 1. The van der Waals surface area contributed by atoms with Crippen LogP contribution in [0.5, 0.6) is 0 Å². The van der Waals surface area contributed by atoms with Gasteiger partial charge in [-0.2, -0.15) is 0 Å². The summed E-state index contributed by atoms with van der Waals surface area (Å²) >= 11 is 0. The number of aromatic amines is 1. The van der Waals surface area contributed by atoms with E-state index in [0.717, 1.165) is 35.5 Å². The summed E-state index contributed by atoms with van der Waals surface area (Å²) in [6.07, 6.45) is 3.46. The van der Waals surface area contributed by atoms with E-state index >= 15 is 0 Å². The molecule has 0 aliphatic heterocycles. The lowest BCUT2D eigenvalue weighted by molar-refractivity contribution is 0.0988. The molecule has 3 rings (SSSR count). The Hall–Kier alpha value is -2.88. The van der Waals surface area contributed by atoms with Crippen LogP contribution in [0.1, 0.15) is 29.7 Å². The molecule has 122 valence electrons. The Bertz CT molecular complexity index is 806. The fraction of sp³-hybridized carbons (Fsp3) is 0.200. The zero-order valence-corrected chi connectivity index (χ0v) is 14.0. The van der Waals surface area contributed by atoms with Crippen LogP contribution in [0.3, 0.4) is 0 Å². The van der Waals surface area contributed by atoms with Gasteiger partial charge < -0.3 is 9.88 Å². The number of nitrogens with one attached hydrogen (secondary N) is 1. The van der Waals surface area contributed by atoms with E-state index in [1.807, 2.05) is 42.5 Å². The normalized spacial score (nSPS) is 10.6. The van der Waals surface area contributed by atoms with E-state index in [0.29, 0.717) is 5.69 Å². The van der Waals surface area contributed by atoms with E-state index in [1.54, 1.807) is 18.1 Å². The standard InChI is InChI=1S/C20H21N3O/c1-3-7-19-21-14-18(22-19)20(24)23(2)17-12-10-16(11-13-17)15-8-5-4-6-9-15/h4-6,8-14H,3,7H2,1-2H3,(H,21,22). The van der Waals surface area contributed by atoms with Gasteiger partial charge in [0.15, 0.2) is 0 Å². The Morgan fingerprint density at radius 3 is 2.38 bits per heavy atom. The maximum absolute atomic E-state index is 12.6. The van der Waals surface area contributed by atoms with E-state index in [9.17, 15) is 4.79 Å². The number of hydrogen-bond acceptors (Lipinski definition) is 2. The van der Waals surface area contributed by atoms with Gasteiger partial charge in [-0.3, -0.25) is 4.79 Å². The van der Waals surface area contributed by atoms with Gasteiger partial charge in [0.1, 0.15) is 11.5 Å². The molecule has 0 fully saturated rings.